The van der Waals surface area contributed by atoms with Crippen LogP contribution in [0, 0.1) is 6.92 Å². The molecule has 0 saturated heterocycles. The predicted octanol–water partition coefficient (Wildman–Crippen LogP) is 3.18. The third-order valence-corrected chi connectivity index (χ3v) is 2.87. The minimum atomic E-state index is -0.442. The maximum Gasteiger partial charge on any atom is 0.273 e. The lowest BCUT2D eigenvalue weighted by atomic mass is 10.2. The summed E-state index contributed by atoms with van der Waals surface area (Å²) < 4.78 is 5.40. The molecule has 0 atom stereocenters. The van der Waals surface area contributed by atoms with Crippen molar-refractivity contribution in [1.82, 2.24) is 9.97 Å². The SMILES string of the molecule is Cc1cc(Oc2nc[nH]c(=O)c2Cl)ccc1Cl. The topological polar surface area (TPSA) is 55.0 Å². The van der Waals surface area contributed by atoms with Gasteiger partial charge in [0, 0.05) is 5.02 Å². The molecule has 0 aliphatic carbocycles. The van der Waals surface area contributed by atoms with E-state index in [0.717, 1.165) is 5.56 Å². The van der Waals surface area contributed by atoms with E-state index in [1.807, 2.05) is 6.92 Å². The molecule has 17 heavy (non-hydrogen) atoms. The second-order valence-corrected chi connectivity index (χ2v) is 4.15. The van der Waals surface area contributed by atoms with E-state index in [-0.39, 0.29) is 10.9 Å². The van der Waals surface area contributed by atoms with Gasteiger partial charge in [0.15, 0.2) is 5.02 Å². The average Bonchev–Trinajstić information content (AvgIpc) is 2.30. The molecular weight excluding hydrogens is 263 g/mol. The summed E-state index contributed by atoms with van der Waals surface area (Å²) in [6, 6.07) is 5.11. The molecule has 0 unspecified atom stereocenters. The van der Waals surface area contributed by atoms with Crippen molar-refractivity contribution in [2.24, 2.45) is 0 Å². The van der Waals surface area contributed by atoms with Crippen molar-refractivity contribution in [3.05, 3.63) is 50.5 Å². The highest BCUT2D eigenvalue weighted by Crippen LogP contribution is 2.27. The molecule has 88 valence electrons. The standard InChI is InChI=1S/C11H8Cl2N2O2/c1-6-4-7(2-3-8(6)12)17-11-9(13)10(16)14-5-15-11/h2-5H,1H3,(H,14,15,16). The number of benzene rings is 1. The van der Waals surface area contributed by atoms with E-state index in [2.05, 4.69) is 9.97 Å². The molecule has 1 aromatic carbocycles. The predicted molar refractivity (Wildman–Crippen MR) is 66.1 cm³/mol. The van der Waals surface area contributed by atoms with Gasteiger partial charge >= 0.3 is 0 Å². The summed E-state index contributed by atoms with van der Waals surface area (Å²) in [5, 5.41) is 0.558. The smallest absolute Gasteiger partial charge is 0.273 e. The van der Waals surface area contributed by atoms with Gasteiger partial charge in [-0.05, 0) is 30.7 Å². The number of nitrogens with zero attached hydrogens (tertiary/aromatic N) is 1. The van der Waals surface area contributed by atoms with Gasteiger partial charge in [-0.25, -0.2) is 4.98 Å². The highest BCUT2D eigenvalue weighted by Gasteiger charge is 2.08. The number of halogens is 2. The molecule has 0 bridgehead atoms. The van der Waals surface area contributed by atoms with Crippen LogP contribution in [-0.2, 0) is 0 Å². The van der Waals surface area contributed by atoms with Gasteiger partial charge in [0.1, 0.15) is 5.75 Å². The van der Waals surface area contributed by atoms with E-state index in [1.54, 1.807) is 18.2 Å². The van der Waals surface area contributed by atoms with Crippen LogP contribution >= 0.6 is 23.2 Å². The molecule has 0 radical (unpaired) electrons. The Balaban J connectivity index is 2.35. The van der Waals surface area contributed by atoms with Crippen LogP contribution in [0.2, 0.25) is 10.0 Å². The molecular formula is C11H8Cl2N2O2. The van der Waals surface area contributed by atoms with Crippen LogP contribution in [0.15, 0.2) is 29.3 Å². The van der Waals surface area contributed by atoms with E-state index in [9.17, 15) is 4.79 Å². The maximum absolute atomic E-state index is 11.2. The van der Waals surface area contributed by atoms with Gasteiger partial charge in [0.2, 0.25) is 5.88 Å². The van der Waals surface area contributed by atoms with Gasteiger partial charge < -0.3 is 9.72 Å². The molecule has 0 amide bonds. The van der Waals surface area contributed by atoms with Crippen molar-refractivity contribution < 1.29 is 4.74 Å². The second kappa shape index (κ2) is 4.77. The number of hydrogen-bond donors (Lipinski definition) is 1. The number of aromatic amines is 1. The minimum absolute atomic E-state index is 0.0668. The Morgan fingerprint density at radius 2 is 2.12 bits per heavy atom. The minimum Gasteiger partial charge on any atom is -0.437 e. The van der Waals surface area contributed by atoms with Crippen LogP contribution in [0.3, 0.4) is 0 Å². The number of nitrogens with one attached hydrogen (secondary N) is 1. The summed E-state index contributed by atoms with van der Waals surface area (Å²) in [5.74, 6) is 0.587. The van der Waals surface area contributed by atoms with Crippen LogP contribution in [0.25, 0.3) is 0 Å². The first kappa shape index (κ1) is 12.0. The number of ether oxygens (including phenoxy) is 1. The van der Waals surface area contributed by atoms with Crippen molar-refractivity contribution >= 4 is 23.2 Å². The van der Waals surface area contributed by atoms with Crippen LogP contribution in [0.4, 0.5) is 0 Å². The van der Waals surface area contributed by atoms with Crippen molar-refractivity contribution in [3.63, 3.8) is 0 Å². The molecule has 4 nitrogen and oxygen atoms in total. The molecule has 0 saturated carbocycles. The van der Waals surface area contributed by atoms with Crippen LogP contribution < -0.4 is 10.3 Å². The molecule has 1 N–H and O–H groups in total. The van der Waals surface area contributed by atoms with Gasteiger partial charge in [-0.3, -0.25) is 4.79 Å². The molecule has 2 rings (SSSR count). The highest BCUT2D eigenvalue weighted by atomic mass is 35.5. The van der Waals surface area contributed by atoms with E-state index in [1.165, 1.54) is 6.33 Å². The zero-order chi connectivity index (χ0) is 12.4. The Hall–Kier alpha value is -1.52. The molecule has 1 heterocycles. The summed E-state index contributed by atoms with van der Waals surface area (Å²) in [7, 11) is 0. The number of rotatable bonds is 2. The van der Waals surface area contributed by atoms with Crippen molar-refractivity contribution in [2.75, 3.05) is 0 Å². The largest absolute Gasteiger partial charge is 0.437 e. The van der Waals surface area contributed by atoms with E-state index in [4.69, 9.17) is 27.9 Å². The number of aryl methyl sites for hydroxylation is 1. The summed E-state index contributed by atoms with van der Waals surface area (Å²) in [4.78, 5) is 17.4. The third kappa shape index (κ3) is 2.60. The van der Waals surface area contributed by atoms with Crippen molar-refractivity contribution in [3.8, 4) is 11.6 Å². The Morgan fingerprint density at radius 3 is 2.82 bits per heavy atom. The van der Waals surface area contributed by atoms with Gasteiger partial charge in [-0.15, -0.1) is 0 Å². The highest BCUT2D eigenvalue weighted by molar-refractivity contribution is 6.31. The Kier molecular flexibility index (Phi) is 3.36. The molecule has 0 aliphatic heterocycles. The lowest BCUT2D eigenvalue weighted by Gasteiger charge is -2.06. The quantitative estimate of drug-likeness (QED) is 0.912. The van der Waals surface area contributed by atoms with Gasteiger partial charge in [-0.2, -0.15) is 0 Å². The van der Waals surface area contributed by atoms with Gasteiger partial charge in [0.25, 0.3) is 5.56 Å². The Bertz CT molecular complexity index is 611. The van der Waals surface area contributed by atoms with Crippen molar-refractivity contribution in [1.29, 1.82) is 0 Å². The normalized spacial score (nSPS) is 10.3. The average molecular weight is 271 g/mol. The fraction of sp³-hybridized carbons (Fsp3) is 0.0909. The number of hydrogen-bond acceptors (Lipinski definition) is 3. The Morgan fingerprint density at radius 1 is 1.35 bits per heavy atom. The molecule has 1 aromatic heterocycles. The summed E-state index contributed by atoms with van der Waals surface area (Å²) in [5.41, 5.74) is 0.424. The zero-order valence-electron chi connectivity index (χ0n) is 8.83. The van der Waals surface area contributed by atoms with E-state index < -0.39 is 5.56 Å². The zero-order valence-corrected chi connectivity index (χ0v) is 10.3. The number of H-pyrrole nitrogens is 1. The monoisotopic (exact) mass is 270 g/mol. The van der Waals surface area contributed by atoms with Gasteiger partial charge in [0.05, 0.1) is 6.33 Å². The first-order valence-electron chi connectivity index (χ1n) is 4.75. The maximum atomic E-state index is 11.2. The lowest BCUT2D eigenvalue weighted by molar-refractivity contribution is 0.460. The molecule has 6 heteroatoms. The van der Waals surface area contributed by atoms with E-state index in [0.29, 0.717) is 10.8 Å². The van der Waals surface area contributed by atoms with Crippen molar-refractivity contribution in [2.45, 2.75) is 6.92 Å². The fourth-order valence-electron chi connectivity index (χ4n) is 1.23. The Labute approximate surface area is 107 Å². The first-order valence-corrected chi connectivity index (χ1v) is 5.50. The first-order chi connectivity index (χ1) is 8.08. The summed E-state index contributed by atoms with van der Waals surface area (Å²) in [6.45, 7) is 1.85. The fourth-order valence-corrected chi connectivity index (χ4v) is 1.49. The second-order valence-electron chi connectivity index (χ2n) is 3.36. The van der Waals surface area contributed by atoms with Gasteiger partial charge in [-0.1, -0.05) is 23.2 Å². The molecule has 2 aromatic rings. The lowest BCUT2D eigenvalue weighted by Crippen LogP contribution is -2.07. The number of aromatic nitrogens is 2. The molecule has 0 fully saturated rings. The van der Waals surface area contributed by atoms with E-state index >= 15 is 0 Å². The van der Waals surface area contributed by atoms with Crippen LogP contribution in [0.1, 0.15) is 5.56 Å². The molecule has 0 aliphatic rings. The summed E-state index contributed by atoms with van der Waals surface area (Å²) >= 11 is 11.6. The summed E-state index contributed by atoms with van der Waals surface area (Å²) in [6.07, 6.45) is 1.23. The van der Waals surface area contributed by atoms with Crippen LogP contribution in [0.5, 0.6) is 11.6 Å². The van der Waals surface area contributed by atoms with Crippen LogP contribution in [-0.4, -0.2) is 9.97 Å². The molecule has 0 spiro atoms. The third-order valence-electron chi connectivity index (χ3n) is 2.11.